The maximum absolute atomic E-state index is 4.39. The Labute approximate surface area is 91.9 Å². The van der Waals surface area contributed by atoms with Crippen LogP contribution in [0.3, 0.4) is 0 Å². The Balaban J connectivity index is 2.23. The molecule has 0 aliphatic rings. The zero-order valence-corrected chi connectivity index (χ0v) is 8.70. The number of rotatable bonds is 1. The minimum absolute atomic E-state index is 0.669. The van der Waals surface area contributed by atoms with Gasteiger partial charge in [-0.15, -0.1) is 0 Å². The summed E-state index contributed by atoms with van der Waals surface area (Å²) >= 11 is 0. The molecule has 0 fully saturated rings. The molecule has 0 unspecified atom stereocenters. The zero-order chi connectivity index (χ0) is 11.0. The minimum atomic E-state index is 0.669. The SMILES string of the molecule is Cc1nccnc1-c1cn2cccnc2n1. The first kappa shape index (κ1) is 8.96. The summed E-state index contributed by atoms with van der Waals surface area (Å²) in [6.07, 6.45) is 8.87. The highest BCUT2D eigenvalue weighted by Crippen LogP contribution is 2.17. The van der Waals surface area contributed by atoms with Crippen molar-refractivity contribution < 1.29 is 0 Å². The second-order valence-electron chi connectivity index (χ2n) is 3.44. The van der Waals surface area contributed by atoms with Gasteiger partial charge in [0.2, 0.25) is 5.78 Å². The number of fused-ring (bicyclic) bond motifs is 1. The molecular formula is C11H9N5. The van der Waals surface area contributed by atoms with Crippen LogP contribution in [0.4, 0.5) is 0 Å². The molecule has 0 saturated carbocycles. The Morgan fingerprint density at radius 3 is 2.75 bits per heavy atom. The van der Waals surface area contributed by atoms with E-state index in [9.17, 15) is 0 Å². The van der Waals surface area contributed by atoms with Crippen LogP contribution in [0.5, 0.6) is 0 Å². The van der Waals surface area contributed by atoms with Crippen molar-refractivity contribution in [3.63, 3.8) is 0 Å². The lowest BCUT2D eigenvalue weighted by Gasteiger charge is -1.97. The molecule has 3 heterocycles. The van der Waals surface area contributed by atoms with E-state index in [4.69, 9.17) is 0 Å². The van der Waals surface area contributed by atoms with Crippen LogP contribution in [-0.4, -0.2) is 24.3 Å². The number of hydrogen-bond acceptors (Lipinski definition) is 4. The Morgan fingerprint density at radius 2 is 1.94 bits per heavy atom. The highest BCUT2D eigenvalue weighted by atomic mass is 15.1. The van der Waals surface area contributed by atoms with Crippen LogP contribution >= 0.6 is 0 Å². The molecule has 0 aromatic carbocycles. The van der Waals surface area contributed by atoms with Gasteiger partial charge in [0, 0.05) is 31.0 Å². The monoisotopic (exact) mass is 211 g/mol. The maximum Gasteiger partial charge on any atom is 0.234 e. The van der Waals surface area contributed by atoms with Crippen molar-refractivity contribution in [1.29, 1.82) is 0 Å². The van der Waals surface area contributed by atoms with Crippen LogP contribution in [0.15, 0.2) is 37.1 Å². The molecule has 0 saturated heterocycles. The van der Waals surface area contributed by atoms with Gasteiger partial charge in [-0.3, -0.25) is 14.4 Å². The van der Waals surface area contributed by atoms with Gasteiger partial charge in [0.25, 0.3) is 0 Å². The van der Waals surface area contributed by atoms with Crippen LogP contribution in [0.1, 0.15) is 5.69 Å². The Hall–Kier alpha value is -2.30. The number of aromatic nitrogens is 5. The van der Waals surface area contributed by atoms with Gasteiger partial charge in [-0.1, -0.05) is 0 Å². The highest BCUT2D eigenvalue weighted by molar-refractivity contribution is 5.58. The van der Waals surface area contributed by atoms with Gasteiger partial charge < -0.3 is 0 Å². The minimum Gasteiger partial charge on any atom is -0.290 e. The van der Waals surface area contributed by atoms with Gasteiger partial charge in [-0.05, 0) is 13.0 Å². The van der Waals surface area contributed by atoms with Gasteiger partial charge in [0.15, 0.2) is 0 Å². The first-order valence-corrected chi connectivity index (χ1v) is 4.92. The molecule has 3 aromatic rings. The van der Waals surface area contributed by atoms with Crippen molar-refractivity contribution in [3.8, 4) is 11.4 Å². The Kier molecular flexibility index (Phi) is 1.89. The molecule has 3 rings (SSSR count). The predicted octanol–water partition coefficient (Wildman–Crippen LogP) is 1.49. The van der Waals surface area contributed by atoms with Gasteiger partial charge in [0.1, 0.15) is 11.4 Å². The Bertz CT molecular complexity index is 610. The molecule has 0 amide bonds. The largest absolute Gasteiger partial charge is 0.290 e. The third kappa shape index (κ3) is 1.33. The Morgan fingerprint density at radius 1 is 1.06 bits per heavy atom. The summed E-state index contributed by atoms with van der Waals surface area (Å²) in [5, 5.41) is 0. The molecule has 5 nitrogen and oxygen atoms in total. The summed E-state index contributed by atoms with van der Waals surface area (Å²) in [5.41, 5.74) is 2.46. The van der Waals surface area contributed by atoms with E-state index < -0.39 is 0 Å². The van der Waals surface area contributed by atoms with E-state index >= 15 is 0 Å². The third-order valence-electron chi connectivity index (χ3n) is 2.36. The summed E-state index contributed by atoms with van der Waals surface area (Å²) in [5.74, 6) is 0.669. The normalized spacial score (nSPS) is 10.8. The molecular weight excluding hydrogens is 202 g/mol. The highest BCUT2D eigenvalue weighted by Gasteiger charge is 2.08. The van der Waals surface area contributed by atoms with E-state index in [1.165, 1.54) is 0 Å². The quantitative estimate of drug-likeness (QED) is 0.612. The fourth-order valence-electron chi connectivity index (χ4n) is 1.60. The van der Waals surface area contributed by atoms with E-state index in [0.717, 1.165) is 17.1 Å². The molecule has 0 aliphatic carbocycles. The third-order valence-corrected chi connectivity index (χ3v) is 2.36. The van der Waals surface area contributed by atoms with E-state index in [1.54, 1.807) is 18.6 Å². The molecule has 0 bridgehead atoms. The van der Waals surface area contributed by atoms with E-state index in [1.807, 2.05) is 29.8 Å². The van der Waals surface area contributed by atoms with Crippen molar-refractivity contribution in [2.75, 3.05) is 0 Å². The summed E-state index contributed by atoms with van der Waals surface area (Å²) in [6.45, 7) is 1.92. The van der Waals surface area contributed by atoms with E-state index in [0.29, 0.717) is 5.78 Å². The van der Waals surface area contributed by atoms with Gasteiger partial charge in [-0.2, -0.15) is 0 Å². The van der Waals surface area contributed by atoms with Crippen molar-refractivity contribution in [2.24, 2.45) is 0 Å². The smallest absolute Gasteiger partial charge is 0.234 e. The van der Waals surface area contributed by atoms with Crippen molar-refractivity contribution >= 4 is 5.78 Å². The van der Waals surface area contributed by atoms with Crippen LogP contribution in [0.25, 0.3) is 17.2 Å². The summed E-state index contributed by atoms with van der Waals surface area (Å²) < 4.78 is 1.86. The molecule has 0 spiro atoms. The molecule has 16 heavy (non-hydrogen) atoms. The molecule has 0 radical (unpaired) electrons. The molecule has 0 atom stereocenters. The molecule has 78 valence electrons. The number of nitrogens with zero attached hydrogens (tertiary/aromatic N) is 5. The van der Waals surface area contributed by atoms with Crippen molar-refractivity contribution in [2.45, 2.75) is 6.92 Å². The zero-order valence-electron chi connectivity index (χ0n) is 8.70. The van der Waals surface area contributed by atoms with Gasteiger partial charge >= 0.3 is 0 Å². The molecule has 0 aliphatic heterocycles. The number of imidazole rings is 1. The van der Waals surface area contributed by atoms with Crippen molar-refractivity contribution in [3.05, 3.63) is 42.7 Å². The lowest BCUT2D eigenvalue weighted by atomic mass is 10.2. The topological polar surface area (TPSA) is 56.0 Å². The maximum atomic E-state index is 4.39. The molecule has 0 N–H and O–H groups in total. The first-order chi connectivity index (χ1) is 7.84. The lowest BCUT2D eigenvalue weighted by Crippen LogP contribution is -1.90. The van der Waals surface area contributed by atoms with Gasteiger partial charge in [-0.25, -0.2) is 9.97 Å². The van der Waals surface area contributed by atoms with E-state index in [-0.39, 0.29) is 0 Å². The lowest BCUT2D eigenvalue weighted by molar-refractivity contribution is 1.11. The number of hydrogen-bond donors (Lipinski definition) is 0. The van der Waals surface area contributed by atoms with Crippen LogP contribution in [0, 0.1) is 6.92 Å². The number of aryl methyl sites for hydroxylation is 1. The molecule has 3 aromatic heterocycles. The van der Waals surface area contributed by atoms with Gasteiger partial charge in [0.05, 0.1) is 5.69 Å². The fourth-order valence-corrected chi connectivity index (χ4v) is 1.60. The first-order valence-electron chi connectivity index (χ1n) is 4.92. The van der Waals surface area contributed by atoms with Crippen LogP contribution in [-0.2, 0) is 0 Å². The second-order valence-corrected chi connectivity index (χ2v) is 3.44. The predicted molar refractivity (Wildman–Crippen MR) is 58.8 cm³/mol. The summed E-state index contributed by atoms with van der Waals surface area (Å²) in [4.78, 5) is 17.0. The second kappa shape index (κ2) is 3.37. The summed E-state index contributed by atoms with van der Waals surface area (Å²) in [7, 11) is 0. The fraction of sp³-hybridized carbons (Fsp3) is 0.0909. The standard InChI is InChI=1S/C11H9N5/c1-8-10(13-5-4-12-8)9-7-16-6-2-3-14-11(16)15-9/h2-7H,1H3. The van der Waals surface area contributed by atoms with Crippen LogP contribution in [0.2, 0.25) is 0 Å². The summed E-state index contributed by atoms with van der Waals surface area (Å²) in [6, 6.07) is 1.86. The van der Waals surface area contributed by atoms with Crippen molar-refractivity contribution in [1.82, 2.24) is 24.3 Å². The average Bonchev–Trinajstić information content (AvgIpc) is 2.73. The van der Waals surface area contributed by atoms with E-state index in [2.05, 4.69) is 19.9 Å². The molecule has 5 heteroatoms. The van der Waals surface area contributed by atoms with Crippen LogP contribution < -0.4 is 0 Å². The average molecular weight is 211 g/mol.